The number of carbonyl (C=O) groups excluding carboxylic acids is 2. The molecule has 0 aliphatic rings. The summed E-state index contributed by atoms with van der Waals surface area (Å²) in [4.78, 5) is 22.4. The molecule has 0 bridgehead atoms. The van der Waals surface area contributed by atoms with Crippen molar-refractivity contribution in [1.29, 1.82) is 0 Å². The Labute approximate surface area is 100 Å². The third kappa shape index (κ3) is 3.30. The van der Waals surface area contributed by atoms with Crippen LogP contribution < -0.4 is 10.6 Å². The van der Waals surface area contributed by atoms with Crippen molar-refractivity contribution in [2.75, 3.05) is 13.6 Å². The second-order valence-corrected chi connectivity index (χ2v) is 3.83. The van der Waals surface area contributed by atoms with Crippen LogP contribution in [0.2, 0.25) is 0 Å². The minimum atomic E-state index is -0.435. The highest BCUT2D eigenvalue weighted by Gasteiger charge is 2.11. The van der Waals surface area contributed by atoms with E-state index in [0.717, 1.165) is 0 Å². The molecular weight excluding hydrogens is 279 g/mol. The van der Waals surface area contributed by atoms with E-state index in [4.69, 9.17) is 0 Å². The Hall–Kier alpha value is -1.43. The molecule has 0 fully saturated rings. The van der Waals surface area contributed by atoms with Crippen LogP contribution in [0, 0.1) is 5.82 Å². The summed E-state index contributed by atoms with van der Waals surface area (Å²) < 4.78 is 13.1. The molecule has 0 spiro atoms. The van der Waals surface area contributed by atoms with E-state index in [1.165, 1.54) is 25.2 Å². The van der Waals surface area contributed by atoms with E-state index >= 15 is 0 Å². The van der Waals surface area contributed by atoms with Crippen molar-refractivity contribution < 1.29 is 14.0 Å². The predicted octanol–water partition coefficient (Wildman–Crippen LogP) is 1.06. The van der Waals surface area contributed by atoms with Gasteiger partial charge in [-0.15, -0.1) is 0 Å². The van der Waals surface area contributed by atoms with Gasteiger partial charge in [-0.1, -0.05) is 0 Å². The van der Waals surface area contributed by atoms with Crippen LogP contribution in [0.25, 0.3) is 0 Å². The molecule has 0 saturated heterocycles. The fourth-order valence-electron chi connectivity index (χ4n) is 1.02. The summed E-state index contributed by atoms with van der Waals surface area (Å²) in [5.41, 5.74) is 0.283. The smallest absolute Gasteiger partial charge is 0.252 e. The van der Waals surface area contributed by atoms with Crippen LogP contribution in [-0.2, 0) is 4.79 Å². The highest BCUT2D eigenvalue weighted by atomic mass is 79.9. The van der Waals surface area contributed by atoms with Crippen molar-refractivity contribution in [3.8, 4) is 0 Å². The van der Waals surface area contributed by atoms with Crippen molar-refractivity contribution in [2.45, 2.75) is 0 Å². The quantitative estimate of drug-likeness (QED) is 0.874. The van der Waals surface area contributed by atoms with E-state index in [1.807, 2.05) is 0 Å². The van der Waals surface area contributed by atoms with Crippen LogP contribution in [-0.4, -0.2) is 25.4 Å². The number of halogens is 2. The van der Waals surface area contributed by atoms with Gasteiger partial charge in [-0.25, -0.2) is 4.39 Å². The molecular formula is C10H10BrFN2O2. The third-order valence-corrected chi connectivity index (χ3v) is 2.52. The Morgan fingerprint density at radius 2 is 2.12 bits per heavy atom. The first-order valence-electron chi connectivity index (χ1n) is 4.48. The Morgan fingerprint density at radius 3 is 2.69 bits per heavy atom. The molecule has 86 valence electrons. The van der Waals surface area contributed by atoms with Gasteiger partial charge in [-0.3, -0.25) is 9.59 Å². The van der Waals surface area contributed by atoms with Gasteiger partial charge in [0.2, 0.25) is 5.91 Å². The maximum absolute atomic E-state index is 12.8. The first-order chi connectivity index (χ1) is 7.54. The van der Waals surface area contributed by atoms with Crippen molar-refractivity contribution in [3.63, 3.8) is 0 Å². The number of hydrogen-bond acceptors (Lipinski definition) is 2. The zero-order chi connectivity index (χ0) is 12.1. The lowest BCUT2D eigenvalue weighted by atomic mass is 10.2. The van der Waals surface area contributed by atoms with Crippen molar-refractivity contribution >= 4 is 27.7 Å². The number of likely N-dealkylation sites (N-methyl/N-ethyl adjacent to an activating group) is 1. The Bertz CT molecular complexity index is 423. The van der Waals surface area contributed by atoms with Crippen LogP contribution in [0.4, 0.5) is 4.39 Å². The van der Waals surface area contributed by atoms with E-state index in [0.29, 0.717) is 4.47 Å². The Kier molecular flexibility index (Phi) is 4.42. The summed E-state index contributed by atoms with van der Waals surface area (Å²) >= 11 is 3.07. The van der Waals surface area contributed by atoms with Crippen LogP contribution in [0.1, 0.15) is 10.4 Å². The third-order valence-electron chi connectivity index (χ3n) is 1.86. The minimum Gasteiger partial charge on any atom is -0.358 e. The van der Waals surface area contributed by atoms with Gasteiger partial charge >= 0.3 is 0 Å². The SMILES string of the molecule is CNC(=O)CNC(=O)c1ccc(F)cc1Br. The van der Waals surface area contributed by atoms with Gasteiger partial charge in [-0.2, -0.15) is 0 Å². The lowest BCUT2D eigenvalue weighted by Gasteiger charge is -2.05. The molecule has 1 rings (SSSR count). The van der Waals surface area contributed by atoms with E-state index in [2.05, 4.69) is 26.6 Å². The van der Waals surface area contributed by atoms with Crippen molar-refractivity contribution in [2.24, 2.45) is 0 Å². The van der Waals surface area contributed by atoms with Crippen molar-refractivity contribution in [1.82, 2.24) is 10.6 Å². The lowest BCUT2D eigenvalue weighted by molar-refractivity contribution is -0.119. The van der Waals surface area contributed by atoms with Gasteiger partial charge < -0.3 is 10.6 Å². The standard InChI is InChI=1S/C10H10BrFN2O2/c1-13-9(15)5-14-10(16)7-3-2-6(12)4-8(7)11/h2-4H,5H2,1H3,(H,13,15)(H,14,16). The van der Waals surface area contributed by atoms with Crippen LogP contribution in [0.3, 0.4) is 0 Å². The average Bonchev–Trinajstić information content (AvgIpc) is 2.25. The molecule has 1 aromatic carbocycles. The average molecular weight is 289 g/mol. The number of rotatable bonds is 3. The monoisotopic (exact) mass is 288 g/mol. The van der Waals surface area contributed by atoms with Crippen LogP contribution in [0.5, 0.6) is 0 Å². The van der Waals surface area contributed by atoms with Crippen LogP contribution >= 0.6 is 15.9 Å². The maximum Gasteiger partial charge on any atom is 0.252 e. The first-order valence-corrected chi connectivity index (χ1v) is 5.27. The number of nitrogens with one attached hydrogen (secondary N) is 2. The molecule has 1 aromatic rings. The molecule has 6 heteroatoms. The van der Waals surface area contributed by atoms with Gasteiger partial charge in [-0.05, 0) is 34.1 Å². The molecule has 0 unspecified atom stereocenters. The fraction of sp³-hybridized carbons (Fsp3) is 0.200. The maximum atomic E-state index is 12.8. The van der Waals surface area contributed by atoms with Gasteiger partial charge in [0.1, 0.15) is 5.82 Å². The van der Waals surface area contributed by atoms with E-state index in [1.54, 1.807) is 0 Å². The molecule has 16 heavy (non-hydrogen) atoms. The summed E-state index contributed by atoms with van der Waals surface area (Å²) in [6.45, 7) is -0.112. The molecule has 0 radical (unpaired) electrons. The molecule has 2 N–H and O–H groups in total. The van der Waals surface area contributed by atoms with Crippen LogP contribution in [0.15, 0.2) is 22.7 Å². The van der Waals surface area contributed by atoms with E-state index in [9.17, 15) is 14.0 Å². The lowest BCUT2D eigenvalue weighted by Crippen LogP contribution is -2.35. The molecule has 0 aromatic heterocycles. The number of benzene rings is 1. The molecule has 0 aliphatic heterocycles. The molecule has 2 amide bonds. The summed E-state index contributed by atoms with van der Waals surface area (Å²) in [5, 5.41) is 4.78. The van der Waals surface area contributed by atoms with Gasteiger partial charge in [0, 0.05) is 11.5 Å². The predicted molar refractivity (Wildman–Crippen MR) is 60.5 cm³/mol. The number of amides is 2. The van der Waals surface area contributed by atoms with Gasteiger partial charge in [0.25, 0.3) is 5.91 Å². The van der Waals surface area contributed by atoms with E-state index in [-0.39, 0.29) is 18.0 Å². The topological polar surface area (TPSA) is 58.2 Å². The minimum absolute atomic E-state index is 0.112. The Morgan fingerprint density at radius 1 is 1.44 bits per heavy atom. The highest BCUT2D eigenvalue weighted by molar-refractivity contribution is 9.10. The fourth-order valence-corrected chi connectivity index (χ4v) is 1.55. The van der Waals surface area contributed by atoms with Crippen molar-refractivity contribution in [3.05, 3.63) is 34.1 Å². The van der Waals surface area contributed by atoms with Gasteiger partial charge in [0.15, 0.2) is 0 Å². The normalized spacial score (nSPS) is 9.69. The number of carbonyl (C=O) groups is 2. The summed E-state index contributed by atoms with van der Waals surface area (Å²) in [5.74, 6) is -1.17. The summed E-state index contributed by atoms with van der Waals surface area (Å²) in [7, 11) is 1.47. The largest absolute Gasteiger partial charge is 0.358 e. The summed E-state index contributed by atoms with van der Waals surface area (Å²) in [6.07, 6.45) is 0. The number of hydrogen-bond donors (Lipinski definition) is 2. The second-order valence-electron chi connectivity index (χ2n) is 2.98. The summed E-state index contributed by atoms with van der Waals surface area (Å²) in [6, 6.07) is 3.72. The molecule has 0 aliphatic carbocycles. The van der Waals surface area contributed by atoms with Gasteiger partial charge in [0.05, 0.1) is 12.1 Å². The van der Waals surface area contributed by atoms with E-state index < -0.39 is 11.7 Å². The molecule has 0 atom stereocenters. The second kappa shape index (κ2) is 5.60. The first kappa shape index (κ1) is 12.6. The molecule has 0 saturated carbocycles. The zero-order valence-corrected chi connectivity index (χ0v) is 10.1. The molecule has 4 nitrogen and oxygen atoms in total. The molecule has 0 heterocycles. The zero-order valence-electron chi connectivity index (χ0n) is 8.51. The Balaban J connectivity index is 2.70. The highest BCUT2D eigenvalue weighted by Crippen LogP contribution is 2.17.